The van der Waals surface area contributed by atoms with Gasteiger partial charge in [0.05, 0.1) is 0 Å². The molecular formula is C13H17FN2OS. The molecule has 2 rings (SSSR count). The van der Waals surface area contributed by atoms with Gasteiger partial charge in [-0.1, -0.05) is 0 Å². The van der Waals surface area contributed by atoms with Crippen molar-refractivity contribution in [2.24, 2.45) is 5.73 Å². The number of likely N-dealkylation sites (tertiary alicyclic amines) is 1. The molecule has 0 unspecified atom stereocenters. The van der Waals surface area contributed by atoms with E-state index in [1.165, 1.54) is 17.8 Å². The first-order valence-electron chi connectivity index (χ1n) is 5.94. The average Bonchev–Trinajstić information content (AvgIpc) is 2.78. The average molecular weight is 268 g/mol. The fraction of sp³-hybridized carbons (Fsp3) is 0.462. The number of thioether (sulfide) groups is 1. The maximum absolute atomic E-state index is 13.5. The number of benzene rings is 1. The van der Waals surface area contributed by atoms with Crippen molar-refractivity contribution in [1.29, 1.82) is 0 Å². The zero-order valence-electron chi connectivity index (χ0n) is 10.4. The lowest BCUT2D eigenvalue weighted by Gasteiger charge is -2.16. The fourth-order valence-electron chi connectivity index (χ4n) is 2.13. The molecule has 2 N–H and O–H groups in total. The molecule has 0 saturated carbocycles. The van der Waals surface area contributed by atoms with Crippen molar-refractivity contribution in [3.05, 3.63) is 35.1 Å². The molecule has 1 amide bonds. The third-order valence-corrected chi connectivity index (χ3v) is 3.70. The SMILES string of the molecule is CSCc1cc(C(=O)N2CC[C@H](N)C2)ccc1F. The standard InChI is InChI=1S/C13H17FN2OS/c1-18-8-10-6-9(2-3-12(10)14)13(17)16-5-4-11(15)7-16/h2-3,6,11H,4-5,7-8,15H2,1H3/t11-/m0/s1. The van der Waals surface area contributed by atoms with E-state index in [4.69, 9.17) is 5.73 Å². The largest absolute Gasteiger partial charge is 0.337 e. The normalized spacial score (nSPS) is 19.3. The summed E-state index contributed by atoms with van der Waals surface area (Å²) in [4.78, 5) is 13.9. The Morgan fingerprint density at radius 3 is 3.00 bits per heavy atom. The minimum absolute atomic E-state index is 0.0506. The molecule has 1 aromatic carbocycles. The van der Waals surface area contributed by atoms with Crippen LogP contribution in [0.5, 0.6) is 0 Å². The summed E-state index contributed by atoms with van der Waals surface area (Å²) in [5.41, 5.74) is 6.92. The third-order valence-electron chi connectivity index (χ3n) is 3.10. The van der Waals surface area contributed by atoms with Crippen molar-refractivity contribution < 1.29 is 9.18 Å². The van der Waals surface area contributed by atoms with Crippen LogP contribution in [-0.4, -0.2) is 36.2 Å². The Labute approximate surface area is 111 Å². The van der Waals surface area contributed by atoms with Gasteiger partial charge in [-0.25, -0.2) is 4.39 Å². The number of nitrogens with two attached hydrogens (primary N) is 1. The lowest BCUT2D eigenvalue weighted by molar-refractivity contribution is 0.0790. The number of nitrogens with zero attached hydrogens (tertiary/aromatic N) is 1. The van der Waals surface area contributed by atoms with Crippen LogP contribution in [0.25, 0.3) is 0 Å². The quantitative estimate of drug-likeness (QED) is 0.910. The van der Waals surface area contributed by atoms with Gasteiger partial charge in [-0.3, -0.25) is 4.79 Å². The molecule has 1 heterocycles. The minimum atomic E-state index is -0.251. The minimum Gasteiger partial charge on any atom is -0.337 e. The molecule has 0 aromatic heterocycles. The maximum atomic E-state index is 13.5. The van der Waals surface area contributed by atoms with E-state index in [0.717, 1.165) is 6.42 Å². The van der Waals surface area contributed by atoms with Crippen LogP contribution in [0.3, 0.4) is 0 Å². The molecule has 1 aromatic rings. The number of carbonyl (C=O) groups is 1. The zero-order valence-corrected chi connectivity index (χ0v) is 11.2. The Morgan fingerprint density at radius 2 is 2.39 bits per heavy atom. The number of halogens is 1. The molecule has 1 saturated heterocycles. The van der Waals surface area contributed by atoms with Gasteiger partial charge in [0.1, 0.15) is 5.82 Å². The van der Waals surface area contributed by atoms with E-state index in [1.807, 2.05) is 6.26 Å². The number of hydrogen-bond donors (Lipinski definition) is 1. The van der Waals surface area contributed by atoms with E-state index in [1.54, 1.807) is 17.0 Å². The molecule has 1 atom stereocenters. The molecule has 0 bridgehead atoms. The van der Waals surface area contributed by atoms with Gasteiger partial charge in [0, 0.05) is 30.4 Å². The van der Waals surface area contributed by atoms with Gasteiger partial charge in [0.2, 0.25) is 0 Å². The Hall–Kier alpha value is -1.07. The summed E-state index contributed by atoms with van der Waals surface area (Å²) < 4.78 is 13.5. The van der Waals surface area contributed by atoms with Crippen LogP contribution in [0.15, 0.2) is 18.2 Å². The lowest BCUT2D eigenvalue weighted by atomic mass is 10.1. The lowest BCUT2D eigenvalue weighted by Crippen LogP contribution is -2.31. The van der Waals surface area contributed by atoms with Crippen molar-refractivity contribution in [2.75, 3.05) is 19.3 Å². The van der Waals surface area contributed by atoms with Gasteiger partial charge < -0.3 is 10.6 Å². The first kappa shape index (κ1) is 13.4. The molecule has 1 aliphatic heterocycles. The van der Waals surface area contributed by atoms with E-state index in [2.05, 4.69) is 0 Å². The van der Waals surface area contributed by atoms with Gasteiger partial charge in [0.25, 0.3) is 5.91 Å². The molecule has 0 radical (unpaired) electrons. The van der Waals surface area contributed by atoms with Crippen LogP contribution in [0.1, 0.15) is 22.3 Å². The van der Waals surface area contributed by atoms with Crippen LogP contribution in [0, 0.1) is 5.82 Å². The van der Waals surface area contributed by atoms with Gasteiger partial charge in [0.15, 0.2) is 0 Å². The molecule has 1 aliphatic rings. The molecule has 0 spiro atoms. The predicted molar refractivity (Wildman–Crippen MR) is 72.1 cm³/mol. The van der Waals surface area contributed by atoms with Gasteiger partial charge in [-0.2, -0.15) is 11.8 Å². The summed E-state index contributed by atoms with van der Waals surface area (Å²) in [6, 6.07) is 4.64. The Morgan fingerprint density at radius 1 is 1.61 bits per heavy atom. The van der Waals surface area contributed by atoms with E-state index in [0.29, 0.717) is 30.0 Å². The monoisotopic (exact) mass is 268 g/mol. The van der Waals surface area contributed by atoms with Crippen LogP contribution >= 0.6 is 11.8 Å². The highest BCUT2D eigenvalue weighted by Crippen LogP contribution is 2.18. The maximum Gasteiger partial charge on any atom is 0.253 e. The Kier molecular flexibility index (Phi) is 4.24. The highest BCUT2D eigenvalue weighted by atomic mass is 32.2. The summed E-state index contributed by atoms with van der Waals surface area (Å²) >= 11 is 1.54. The fourth-order valence-corrected chi connectivity index (χ4v) is 2.66. The highest BCUT2D eigenvalue weighted by molar-refractivity contribution is 7.97. The number of amides is 1. The number of hydrogen-bond acceptors (Lipinski definition) is 3. The van der Waals surface area contributed by atoms with E-state index in [-0.39, 0.29) is 17.8 Å². The Balaban J connectivity index is 2.17. The molecule has 18 heavy (non-hydrogen) atoms. The van der Waals surface area contributed by atoms with Gasteiger partial charge in [-0.15, -0.1) is 0 Å². The van der Waals surface area contributed by atoms with Crippen molar-refractivity contribution in [1.82, 2.24) is 4.90 Å². The second kappa shape index (κ2) is 5.71. The first-order chi connectivity index (χ1) is 8.61. The van der Waals surface area contributed by atoms with Crippen LogP contribution < -0.4 is 5.73 Å². The Bertz CT molecular complexity index is 453. The summed E-state index contributed by atoms with van der Waals surface area (Å²) in [6.07, 6.45) is 2.75. The van der Waals surface area contributed by atoms with Crippen molar-refractivity contribution in [2.45, 2.75) is 18.2 Å². The van der Waals surface area contributed by atoms with Crippen molar-refractivity contribution >= 4 is 17.7 Å². The third kappa shape index (κ3) is 2.84. The molecule has 1 fully saturated rings. The van der Waals surface area contributed by atoms with Gasteiger partial charge in [-0.05, 0) is 36.4 Å². The van der Waals surface area contributed by atoms with Crippen LogP contribution in [-0.2, 0) is 5.75 Å². The summed E-state index contributed by atoms with van der Waals surface area (Å²) in [5, 5.41) is 0. The second-order valence-corrected chi connectivity index (χ2v) is 5.41. The van der Waals surface area contributed by atoms with Crippen LogP contribution in [0.4, 0.5) is 4.39 Å². The predicted octanol–water partition coefficient (Wildman–Crippen LogP) is 1.86. The highest BCUT2D eigenvalue weighted by Gasteiger charge is 2.24. The molecular weight excluding hydrogens is 251 g/mol. The number of carbonyl (C=O) groups excluding carboxylic acids is 1. The van der Waals surface area contributed by atoms with Crippen molar-refractivity contribution in [3.63, 3.8) is 0 Å². The van der Waals surface area contributed by atoms with Crippen LogP contribution in [0.2, 0.25) is 0 Å². The molecule has 3 nitrogen and oxygen atoms in total. The zero-order chi connectivity index (χ0) is 13.1. The second-order valence-electron chi connectivity index (χ2n) is 4.54. The van der Waals surface area contributed by atoms with E-state index in [9.17, 15) is 9.18 Å². The molecule has 98 valence electrons. The summed E-state index contributed by atoms with van der Waals surface area (Å²) in [5.74, 6) is 0.274. The van der Waals surface area contributed by atoms with E-state index < -0.39 is 0 Å². The van der Waals surface area contributed by atoms with E-state index >= 15 is 0 Å². The topological polar surface area (TPSA) is 46.3 Å². The summed E-state index contributed by atoms with van der Waals surface area (Å²) in [7, 11) is 0. The first-order valence-corrected chi connectivity index (χ1v) is 7.33. The molecule has 5 heteroatoms. The number of rotatable bonds is 3. The van der Waals surface area contributed by atoms with Gasteiger partial charge >= 0.3 is 0 Å². The molecule has 0 aliphatic carbocycles. The smallest absolute Gasteiger partial charge is 0.253 e. The van der Waals surface area contributed by atoms with Crippen molar-refractivity contribution in [3.8, 4) is 0 Å². The summed E-state index contributed by atoms with van der Waals surface area (Å²) in [6.45, 7) is 1.28.